The monoisotopic (exact) mass is 225 g/mol. The Morgan fingerprint density at radius 2 is 1.94 bits per heavy atom. The fourth-order valence-corrected chi connectivity index (χ4v) is 1.84. The van der Waals surface area contributed by atoms with Crippen molar-refractivity contribution in [2.45, 2.75) is 45.1 Å². The summed E-state index contributed by atoms with van der Waals surface area (Å²) in [5, 5.41) is 13.4. The Kier molecular flexibility index (Phi) is 3.43. The van der Waals surface area contributed by atoms with E-state index in [4.69, 9.17) is 4.52 Å². The lowest BCUT2D eigenvalue weighted by molar-refractivity contribution is 0.151. The van der Waals surface area contributed by atoms with Gasteiger partial charge in [-0.25, -0.2) is 0 Å². The fourth-order valence-electron chi connectivity index (χ4n) is 1.84. The van der Waals surface area contributed by atoms with Gasteiger partial charge in [-0.1, -0.05) is 6.92 Å². The van der Waals surface area contributed by atoms with Crippen molar-refractivity contribution < 1.29 is 9.63 Å². The molecule has 16 heavy (non-hydrogen) atoms. The Hall–Kier alpha value is -1.10. The van der Waals surface area contributed by atoms with Crippen LogP contribution in [0.3, 0.4) is 0 Å². The van der Waals surface area contributed by atoms with Crippen LogP contribution in [0.15, 0.2) is 4.52 Å². The molecule has 0 amide bonds. The van der Waals surface area contributed by atoms with Crippen molar-refractivity contribution in [2.24, 2.45) is 0 Å². The second-order valence-corrected chi connectivity index (χ2v) is 4.51. The van der Waals surface area contributed by atoms with Crippen LogP contribution < -0.4 is 4.90 Å². The van der Waals surface area contributed by atoms with Gasteiger partial charge in [0.25, 0.3) is 5.95 Å². The summed E-state index contributed by atoms with van der Waals surface area (Å²) in [5.74, 6) is 1.09. The van der Waals surface area contributed by atoms with E-state index in [0.717, 1.165) is 13.1 Å². The van der Waals surface area contributed by atoms with Gasteiger partial charge in [0.05, 0.1) is 12.0 Å². The van der Waals surface area contributed by atoms with Crippen molar-refractivity contribution in [1.29, 1.82) is 0 Å². The van der Waals surface area contributed by atoms with Gasteiger partial charge in [-0.15, -0.1) is 0 Å². The first-order valence-electron chi connectivity index (χ1n) is 5.95. The highest BCUT2D eigenvalue weighted by Gasteiger charge is 2.22. The molecule has 5 nitrogen and oxygen atoms in total. The van der Waals surface area contributed by atoms with E-state index in [-0.39, 0.29) is 5.92 Å². The maximum Gasteiger partial charge on any atom is 0.266 e. The maximum absolute atomic E-state index is 9.45. The zero-order valence-corrected chi connectivity index (χ0v) is 9.89. The molecule has 1 aliphatic rings. The highest BCUT2D eigenvalue weighted by atomic mass is 16.5. The predicted molar refractivity (Wildman–Crippen MR) is 60.5 cm³/mol. The second-order valence-electron chi connectivity index (χ2n) is 4.51. The molecule has 0 bridgehead atoms. The molecule has 0 spiro atoms. The summed E-state index contributed by atoms with van der Waals surface area (Å²) in [5.41, 5.74) is 0. The number of aliphatic hydroxyl groups excluding tert-OH is 1. The summed E-state index contributed by atoms with van der Waals surface area (Å²) in [6.45, 7) is 5.62. The Bertz CT molecular complexity index is 332. The zero-order chi connectivity index (χ0) is 11.5. The number of rotatable bonds is 3. The highest BCUT2D eigenvalue weighted by Crippen LogP contribution is 2.21. The van der Waals surface area contributed by atoms with Gasteiger partial charge in [-0.3, -0.25) is 0 Å². The number of piperidine rings is 1. The van der Waals surface area contributed by atoms with E-state index in [1.807, 2.05) is 6.92 Å². The van der Waals surface area contributed by atoms with E-state index >= 15 is 0 Å². The molecule has 0 aromatic carbocycles. The lowest BCUT2D eigenvalue weighted by Gasteiger charge is -2.24. The molecule has 1 fully saturated rings. The number of hydrogen-bond acceptors (Lipinski definition) is 5. The van der Waals surface area contributed by atoms with Crippen molar-refractivity contribution in [2.75, 3.05) is 18.0 Å². The lowest BCUT2D eigenvalue weighted by atomic mass is 10.1. The van der Waals surface area contributed by atoms with Gasteiger partial charge in [-0.05, 0) is 31.3 Å². The molecule has 2 unspecified atom stereocenters. The minimum absolute atomic E-state index is 0.106. The second kappa shape index (κ2) is 4.82. The molecule has 2 heterocycles. The van der Waals surface area contributed by atoms with Crippen LogP contribution in [0.1, 0.15) is 44.9 Å². The third kappa shape index (κ3) is 2.35. The molecule has 5 heteroatoms. The average molecular weight is 225 g/mol. The topological polar surface area (TPSA) is 62.4 Å². The SMILES string of the molecule is CC(O)C(C)c1nc(N2CCCCC2)no1. The summed E-state index contributed by atoms with van der Waals surface area (Å²) in [7, 11) is 0. The number of hydrogen-bond donors (Lipinski definition) is 1. The molecule has 90 valence electrons. The molecule has 2 rings (SSSR count). The third-order valence-corrected chi connectivity index (χ3v) is 3.18. The van der Waals surface area contributed by atoms with Gasteiger partial charge in [0.15, 0.2) is 0 Å². The summed E-state index contributed by atoms with van der Waals surface area (Å²) in [6, 6.07) is 0. The highest BCUT2D eigenvalue weighted by molar-refractivity contribution is 5.28. The number of nitrogens with zero attached hydrogens (tertiary/aromatic N) is 3. The third-order valence-electron chi connectivity index (χ3n) is 3.18. The van der Waals surface area contributed by atoms with Gasteiger partial charge >= 0.3 is 0 Å². The predicted octanol–water partition coefficient (Wildman–Crippen LogP) is 1.54. The van der Waals surface area contributed by atoms with Crippen LogP contribution in [0.4, 0.5) is 5.95 Å². The molecule has 1 aromatic rings. The number of anilines is 1. The Morgan fingerprint density at radius 1 is 1.25 bits per heavy atom. The standard InChI is InChI=1S/C11H19N3O2/c1-8(9(2)15)10-12-11(13-16-10)14-6-4-3-5-7-14/h8-9,15H,3-7H2,1-2H3. The van der Waals surface area contributed by atoms with E-state index in [1.165, 1.54) is 19.3 Å². The van der Waals surface area contributed by atoms with Crippen LogP contribution >= 0.6 is 0 Å². The van der Waals surface area contributed by atoms with Crippen molar-refractivity contribution in [3.63, 3.8) is 0 Å². The van der Waals surface area contributed by atoms with E-state index in [9.17, 15) is 5.11 Å². The lowest BCUT2D eigenvalue weighted by Crippen LogP contribution is -2.30. The zero-order valence-electron chi connectivity index (χ0n) is 9.89. The van der Waals surface area contributed by atoms with Crippen LogP contribution in [-0.2, 0) is 0 Å². The summed E-state index contributed by atoms with van der Waals surface area (Å²) in [4.78, 5) is 6.49. The molecule has 1 aromatic heterocycles. The molecule has 2 atom stereocenters. The maximum atomic E-state index is 9.45. The molecular weight excluding hydrogens is 206 g/mol. The van der Waals surface area contributed by atoms with Crippen molar-refractivity contribution in [1.82, 2.24) is 10.1 Å². The summed E-state index contributed by atoms with van der Waals surface area (Å²) < 4.78 is 5.18. The van der Waals surface area contributed by atoms with Gasteiger partial charge in [-0.2, -0.15) is 4.98 Å². The minimum atomic E-state index is -0.463. The molecule has 0 saturated carbocycles. The van der Waals surface area contributed by atoms with Crippen LogP contribution in [0.25, 0.3) is 0 Å². The number of aliphatic hydroxyl groups is 1. The van der Waals surface area contributed by atoms with E-state index in [0.29, 0.717) is 11.8 Å². The largest absolute Gasteiger partial charge is 0.393 e. The van der Waals surface area contributed by atoms with Crippen molar-refractivity contribution >= 4 is 5.95 Å². The van der Waals surface area contributed by atoms with Crippen molar-refractivity contribution in [3.8, 4) is 0 Å². The van der Waals surface area contributed by atoms with Crippen LogP contribution in [0, 0.1) is 0 Å². The molecule has 0 radical (unpaired) electrons. The number of aromatic nitrogens is 2. The molecule has 1 saturated heterocycles. The van der Waals surface area contributed by atoms with Gasteiger partial charge < -0.3 is 14.5 Å². The quantitative estimate of drug-likeness (QED) is 0.845. The average Bonchev–Trinajstić information content (AvgIpc) is 2.78. The molecule has 0 aliphatic carbocycles. The first-order valence-corrected chi connectivity index (χ1v) is 5.95. The first kappa shape index (κ1) is 11.4. The van der Waals surface area contributed by atoms with Crippen LogP contribution in [0.5, 0.6) is 0 Å². The van der Waals surface area contributed by atoms with Gasteiger partial charge in [0.1, 0.15) is 0 Å². The smallest absolute Gasteiger partial charge is 0.266 e. The van der Waals surface area contributed by atoms with Crippen LogP contribution in [0.2, 0.25) is 0 Å². The van der Waals surface area contributed by atoms with Crippen LogP contribution in [-0.4, -0.2) is 34.4 Å². The fraction of sp³-hybridized carbons (Fsp3) is 0.818. The Morgan fingerprint density at radius 3 is 2.56 bits per heavy atom. The summed E-state index contributed by atoms with van der Waals surface area (Å²) >= 11 is 0. The normalized spacial score (nSPS) is 20.8. The van der Waals surface area contributed by atoms with E-state index in [2.05, 4.69) is 15.0 Å². The van der Waals surface area contributed by atoms with E-state index < -0.39 is 6.10 Å². The molecular formula is C11H19N3O2. The molecule has 1 aliphatic heterocycles. The Balaban J connectivity index is 2.06. The summed E-state index contributed by atoms with van der Waals surface area (Å²) in [6.07, 6.45) is 3.20. The van der Waals surface area contributed by atoms with Gasteiger partial charge in [0.2, 0.25) is 5.89 Å². The van der Waals surface area contributed by atoms with E-state index in [1.54, 1.807) is 6.92 Å². The van der Waals surface area contributed by atoms with Gasteiger partial charge in [0, 0.05) is 13.1 Å². The minimum Gasteiger partial charge on any atom is -0.393 e. The molecule has 1 N–H and O–H groups in total. The van der Waals surface area contributed by atoms with Crippen molar-refractivity contribution in [3.05, 3.63) is 5.89 Å². The Labute approximate surface area is 95.4 Å². The first-order chi connectivity index (χ1) is 7.68.